The van der Waals surface area contributed by atoms with Gasteiger partial charge in [-0.3, -0.25) is 0 Å². The van der Waals surface area contributed by atoms with Crippen LogP contribution in [-0.4, -0.2) is 11.1 Å². The maximum atomic E-state index is 9.51. The maximum absolute atomic E-state index is 9.51. The third-order valence-corrected chi connectivity index (χ3v) is 0.309. The van der Waals surface area contributed by atoms with Gasteiger partial charge in [-0.05, 0) is 6.92 Å². The molecule has 0 aliphatic heterocycles. The molecule has 0 atom stereocenters. The first-order valence-electron chi connectivity index (χ1n) is 3.63. The Morgan fingerprint density at radius 2 is 1.50 bits per heavy atom. The summed E-state index contributed by atoms with van der Waals surface area (Å²) in [4.78, 5) is 9.51. The fraction of sp³-hybridized carbons (Fsp3) is 0.625. The van der Waals surface area contributed by atoms with Gasteiger partial charge in [0.05, 0.1) is 0 Å². The predicted molar refractivity (Wildman–Crippen MR) is 45.1 cm³/mol. The molecule has 1 N–H and O–H groups in total. The van der Waals surface area contributed by atoms with Crippen LogP contribution in [0, 0.1) is 0 Å². The van der Waals surface area contributed by atoms with Crippen molar-refractivity contribution in [3.63, 3.8) is 0 Å². The highest BCUT2D eigenvalue weighted by molar-refractivity contribution is 5.79. The zero-order chi connectivity index (χ0) is 8.99. The molecule has 0 aromatic carbocycles. The molecule has 0 rings (SSSR count). The van der Waals surface area contributed by atoms with Crippen molar-refractivity contribution in [3.8, 4) is 0 Å². The lowest BCUT2D eigenvalue weighted by Crippen LogP contribution is -1.83. The highest BCUT2D eigenvalue weighted by atomic mass is 16.4. The highest BCUT2D eigenvalue weighted by Crippen LogP contribution is 1.65. The zero-order valence-electron chi connectivity index (χ0n) is 7.51. The van der Waals surface area contributed by atoms with Crippen LogP contribution in [0.15, 0.2) is 12.2 Å². The smallest absolute Gasteiger partial charge is 0.327 e. The van der Waals surface area contributed by atoms with Crippen molar-refractivity contribution >= 4 is 5.97 Å². The lowest BCUT2D eigenvalue weighted by molar-refractivity contribution is -0.131. The molecule has 0 heterocycles. The van der Waals surface area contributed by atoms with Gasteiger partial charge in [-0.15, -0.1) is 0 Å². The second-order valence-corrected chi connectivity index (χ2v) is 0.838. The van der Waals surface area contributed by atoms with Crippen LogP contribution in [0.1, 0.15) is 34.6 Å². The molecule has 0 aliphatic carbocycles. The molecule has 0 amide bonds. The van der Waals surface area contributed by atoms with E-state index in [4.69, 9.17) is 5.11 Å². The molecule has 10 heavy (non-hydrogen) atoms. The summed E-state index contributed by atoms with van der Waals surface area (Å²) in [7, 11) is 0. The summed E-state index contributed by atoms with van der Waals surface area (Å²) in [6, 6.07) is 0. The fourth-order valence-corrected chi connectivity index (χ4v) is 0.143. The van der Waals surface area contributed by atoms with Crippen molar-refractivity contribution < 1.29 is 9.90 Å². The molecule has 0 fully saturated rings. The Balaban J connectivity index is -0.000000105. The Morgan fingerprint density at radius 3 is 1.50 bits per heavy atom. The third kappa shape index (κ3) is 56.9. The minimum absolute atomic E-state index is 0.891. The molecular formula is C8H18O2. The fourth-order valence-electron chi connectivity index (χ4n) is 0.143. The average molecular weight is 146 g/mol. The SMILES string of the molecule is C/C=C\C(=O)O.CC.CC. The van der Waals surface area contributed by atoms with Crippen molar-refractivity contribution in [2.24, 2.45) is 0 Å². The van der Waals surface area contributed by atoms with Crippen LogP contribution in [0.4, 0.5) is 0 Å². The van der Waals surface area contributed by atoms with Crippen LogP contribution in [0.2, 0.25) is 0 Å². The van der Waals surface area contributed by atoms with Crippen LogP contribution in [0.25, 0.3) is 0 Å². The number of rotatable bonds is 1. The van der Waals surface area contributed by atoms with Gasteiger partial charge in [0, 0.05) is 6.08 Å². The van der Waals surface area contributed by atoms with Gasteiger partial charge in [0.2, 0.25) is 0 Å². The molecule has 0 unspecified atom stereocenters. The van der Waals surface area contributed by atoms with Crippen molar-refractivity contribution in [3.05, 3.63) is 12.2 Å². The Bertz CT molecular complexity index is 75.3. The summed E-state index contributed by atoms with van der Waals surface area (Å²) < 4.78 is 0. The third-order valence-electron chi connectivity index (χ3n) is 0.309. The normalized spacial score (nSPS) is 6.90. The summed E-state index contributed by atoms with van der Waals surface area (Å²) in [5.74, 6) is -0.891. The number of hydrogen-bond acceptors (Lipinski definition) is 1. The molecule has 2 heteroatoms. The standard InChI is InChI=1S/C4H6O2.2C2H6/c1-2-3-4(5)6;2*1-2/h2-3H,1H3,(H,5,6);2*1-2H3/b3-2-;;. The Morgan fingerprint density at radius 1 is 1.20 bits per heavy atom. The van der Waals surface area contributed by atoms with Crippen molar-refractivity contribution in [1.82, 2.24) is 0 Å². The summed E-state index contributed by atoms with van der Waals surface area (Å²) in [5, 5.41) is 7.83. The van der Waals surface area contributed by atoms with E-state index in [1.54, 1.807) is 6.92 Å². The van der Waals surface area contributed by atoms with Crippen molar-refractivity contribution in [2.75, 3.05) is 0 Å². The molecule has 0 radical (unpaired) electrons. The lowest BCUT2D eigenvalue weighted by atomic mass is 10.5. The van der Waals surface area contributed by atoms with E-state index >= 15 is 0 Å². The van der Waals surface area contributed by atoms with Gasteiger partial charge >= 0.3 is 5.97 Å². The minimum Gasteiger partial charge on any atom is -0.478 e. The summed E-state index contributed by atoms with van der Waals surface area (Å²) in [5.41, 5.74) is 0. The maximum Gasteiger partial charge on any atom is 0.327 e. The number of hydrogen-bond donors (Lipinski definition) is 1. The Hall–Kier alpha value is -0.790. The van der Waals surface area contributed by atoms with Gasteiger partial charge in [-0.1, -0.05) is 33.8 Å². The zero-order valence-corrected chi connectivity index (χ0v) is 7.51. The monoisotopic (exact) mass is 146 g/mol. The molecule has 0 bridgehead atoms. The van der Waals surface area contributed by atoms with Crippen LogP contribution in [-0.2, 0) is 4.79 Å². The molecule has 0 saturated carbocycles. The number of carboxylic acid groups (broad SMARTS) is 1. The van der Waals surface area contributed by atoms with E-state index in [1.807, 2.05) is 27.7 Å². The molecule has 0 aliphatic rings. The average Bonchev–Trinajstić information content (AvgIpc) is 1.96. The van der Waals surface area contributed by atoms with E-state index in [1.165, 1.54) is 6.08 Å². The minimum atomic E-state index is -0.891. The molecule has 62 valence electrons. The van der Waals surface area contributed by atoms with Crippen LogP contribution >= 0.6 is 0 Å². The van der Waals surface area contributed by atoms with E-state index in [2.05, 4.69) is 0 Å². The number of aliphatic carboxylic acids is 1. The number of carboxylic acids is 1. The second-order valence-electron chi connectivity index (χ2n) is 0.838. The molecule has 0 aromatic rings. The van der Waals surface area contributed by atoms with Gasteiger partial charge in [-0.25, -0.2) is 4.79 Å². The molecule has 0 spiro atoms. The summed E-state index contributed by atoms with van der Waals surface area (Å²) >= 11 is 0. The van der Waals surface area contributed by atoms with Gasteiger partial charge in [-0.2, -0.15) is 0 Å². The largest absolute Gasteiger partial charge is 0.478 e. The lowest BCUT2D eigenvalue weighted by Gasteiger charge is -1.68. The first-order valence-corrected chi connectivity index (χ1v) is 3.63. The van der Waals surface area contributed by atoms with E-state index in [-0.39, 0.29) is 0 Å². The Kier molecular flexibility index (Phi) is 38.8. The van der Waals surface area contributed by atoms with Gasteiger partial charge in [0.25, 0.3) is 0 Å². The summed E-state index contributed by atoms with van der Waals surface area (Å²) in [6.45, 7) is 9.66. The van der Waals surface area contributed by atoms with E-state index in [0.29, 0.717) is 0 Å². The highest BCUT2D eigenvalue weighted by Gasteiger charge is 1.76. The van der Waals surface area contributed by atoms with E-state index in [0.717, 1.165) is 6.08 Å². The number of allylic oxidation sites excluding steroid dienone is 1. The quantitative estimate of drug-likeness (QED) is 0.577. The van der Waals surface area contributed by atoms with Crippen LogP contribution < -0.4 is 0 Å². The van der Waals surface area contributed by atoms with E-state index in [9.17, 15) is 4.79 Å². The number of carbonyl (C=O) groups is 1. The van der Waals surface area contributed by atoms with Crippen LogP contribution in [0.5, 0.6) is 0 Å². The second kappa shape index (κ2) is 24.1. The van der Waals surface area contributed by atoms with Crippen molar-refractivity contribution in [2.45, 2.75) is 34.6 Å². The molecular weight excluding hydrogens is 128 g/mol. The van der Waals surface area contributed by atoms with Crippen LogP contribution in [0.3, 0.4) is 0 Å². The van der Waals surface area contributed by atoms with E-state index < -0.39 is 5.97 Å². The predicted octanol–water partition coefficient (Wildman–Crippen LogP) is 2.70. The molecule has 0 aromatic heterocycles. The van der Waals surface area contributed by atoms with Gasteiger partial charge in [0.1, 0.15) is 0 Å². The van der Waals surface area contributed by atoms with Crippen molar-refractivity contribution in [1.29, 1.82) is 0 Å². The topological polar surface area (TPSA) is 37.3 Å². The Labute approximate surface area is 63.6 Å². The van der Waals surface area contributed by atoms with Gasteiger partial charge in [0.15, 0.2) is 0 Å². The van der Waals surface area contributed by atoms with Gasteiger partial charge < -0.3 is 5.11 Å². The first-order chi connectivity index (χ1) is 4.77. The molecule has 2 nitrogen and oxygen atoms in total. The molecule has 0 saturated heterocycles. The first kappa shape index (κ1) is 16.1. The summed E-state index contributed by atoms with van der Waals surface area (Å²) in [6.07, 6.45) is 2.56.